The molecule has 0 aliphatic rings. The fraction of sp³-hybridized carbons (Fsp3) is 0. The number of halogens is 1. The summed E-state index contributed by atoms with van der Waals surface area (Å²) >= 11 is 0. The first-order valence-corrected chi connectivity index (χ1v) is 7.16. The van der Waals surface area contributed by atoms with Crippen molar-refractivity contribution in [2.45, 2.75) is 4.90 Å². The Balaban J connectivity index is 2.48. The van der Waals surface area contributed by atoms with Gasteiger partial charge in [0.25, 0.3) is 0 Å². The Bertz CT molecular complexity index is 844. The summed E-state index contributed by atoms with van der Waals surface area (Å²) in [4.78, 5) is -0.355. The van der Waals surface area contributed by atoms with Crippen LogP contribution in [0.2, 0.25) is 0 Å². The summed E-state index contributed by atoms with van der Waals surface area (Å²) < 4.78 is 41.9. The molecule has 0 atom stereocenters. The van der Waals surface area contributed by atoms with E-state index in [1.807, 2.05) is 0 Å². The number of ether oxygens (including phenoxy) is 1. The molecule has 108 valence electrons. The Kier molecular flexibility index (Phi) is 3.80. The smallest absolute Gasteiger partial charge is 0.241 e. The van der Waals surface area contributed by atoms with Gasteiger partial charge in [0.2, 0.25) is 10.0 Å². The van der Waals surface area contributed by atoms with Gasteiger partial charge in [-0.25, -0.2) is 17.9 Å². The molecule has 6 nitrogen and oxygen atoms in total. The van der Waals surface area contributed by atoms with E-state index in [0.29, 0.717) is 0 Å². The molecule has 0 spiro atoms. The fourth-order valence-electron chi connectivity index (χ4n) is 1.60. The van der Waals surface area contributed by atoms with Crippen molar-refractivity contribution in [3.63, 3.8) is 0 Å². The van der Waals surface area contributed by atoms with E-state index >= 15 is 0 Å². The van der Waals surface area contributed by atoms with Crippen molar-refractivity contribution < 1.29 is 17.5 Å². The zero-order valence-electron chi connectivity index (χ0n) is 10.6. The van der Waals surface area contributed by atoms with E-state index in [-0.39, 0.29) is 27.6 Å². The molecule has 0 saturated carbocycles. The predicted molar refractivity (Wildman–Crippen MR) is 73.4 cm³/mol. The van der Waals surface area contributed by atoms with Gasteiger partial charge < -0.3 is 10.5 Å². The van der Waals surface area contributed by atoms with Gasteiger partial charge in [-0.3, -0.25) is 0 Å². The van der Waals surface area contributed by atoms with Crippen LogP contribution in [0.4, 0.5) is 10.1 Å². The quantitative estimate of drug-likeness (QED) is 0.837. The molecule has 0 aromatic heterocycles. The lowest BCUT2D eigenvalue weighted by molar-refractivity contribution is 0.431. The molecule has 4 N–H and O–H groups in total. The van der Waals surface area contributed by atoms with Crippen molar-refractivity contribution in [3.8, 4) is 17.6 Å². The number of benzene rings is 2. The van der Waals surface area contributed by atoms with Crippen LogP contribution in [-0.4, -0.2) is 8.42 Å². The molecule has 8 heteroatoms. The predicted octanol–water partition coefficient (Wildman–Crippen LogP) is 1.72. The van der Waals surface area contributed by atoms with Gasteiger partial charge >= 0.3 is 0 Å². The van der Waals surface area contributed by atoms with E-state index in [2.05, 4.69) is 0 Å². The van der Waals surface area contributed by atoms with Crippen molar-refractivity contribution >= 4 is 15.7 Å². The SMILES string of the molecule is N#Cc1ccc(Oc2ccc(N)cc2S(N)(=O)=O)c(F)c1. The molecule has 0 saturated heterocycles. The monoisotopic (exact) mass is 307 g/mol. The van der Waals surface area contributed by atoms with Gasteiger partial charge in [0.1, 0.15) is 10.6 Å². The number of primary sulfonamides is 1. The van der Waals surface area contributed by atoms with E-state index in [9.17, 15) is 12.8 Å². The van der Waals surface area contributed by atoms with Gasteiger partial charge in [-0.2, -0.15) is 5.26 Å². The Morgan fingerprint density at radius 3 is 2.38 bits per heavy atom. The number of nitrogens with zero attached hydrogens (tertiary/aromatic N) is 1. The lowest BCUT2D eigenvalue weighted by Crippen LogP contribution is -2.13. The minimum absolute atomic E-state index is 0.115. The summed E-state index contributed by atoms with van der Waals surface area (Å²) in [7, 11) is -4.08. The lowest BCUT2D eigenvalue weighted by Gasteiger charge is -2.11. The van der Waals surface area contributed by atoms with Crippen molar-refractivity contribution in [3.05, 3.63) is 47.8 Å². The van der Waals surface area contributed by atoms with Crippen LogP contribution in [0, 0.1) is 17.1 Å². The van der Waals surface area contributed by atoms with E-state index in [4.69, 9.17) is 20.9 Å². The average molecular weight is 307 g/mol. The number of nitrogens with two attached hydrogens (primary N) is 2. The first-order valence-electron chi connectivity index (χ1n) is 5.61. The standard InChI is InChI=1S/C13H10FN3O3S/c14-10-5-8(7-15)1-3-11(10)20-12-4-2-9(16)6-13(12)21(17,18)19/h1-6H,16H2,(H2,17,18,19). The number of nitriles is 1. The minimum atomic E-state index is -4.08. The number of nitrogen functional groups attached to an aromatic ring is 1. The van der Waals surface area contributed by atoms with Crippen LogP contribution in [0.1, 0.15) is 5.56 Å². The molecule has 0 aliphatic carbocycles. The molecule has 2 rings (SSSR count). The van der Waals surface area contributed by atoms with Crippen LogP contribution >= 0.6 is 0 Å². The van der Waals surface area contributed by atoms with E-state index in [0.717, 1.165) is 12.1 Å². The Hall–Kier alpha value is -2.63. The molecule has 0 fully saturated rings. The average Bonchev–Trinajstić information content (AvgIpc) is 2.41. The summed E-state index contributed by atoms with van der Waals surface area (Å²) in [5.74, 6) is -1.19. The molecule has 0 radical (unpaired) electrons. The second-order valence-electron chi connectivity index (χ2n) is 4.11. The summed E-state index contributed by atoms with van der Waals surface area (Å²) in [6, 6.07) is 9.09. The highest BCUT2D eigenvalue weighted by Crippen LogP contribution is 2.31. The van der Waals surface area contributed by atoms with Crippen LogP contribution in [0.25, 0.3) is 0 Å². The summed E-state index contributed by atoms with van der Waals surface area (Å²) in [5.41, 5.74) is 5.79. The number of hydrogen-bond acceptors (Lipinski definition) is 5. The minimum Gasteiger partial charge on any atom is -0.453 e. The third-order valence-electron chi connectivity index (χ3n) is 2.56. The zero-order chi connectivity index (χ0) is 15.6. The number of hydrogen-bond donors (Lipinski definition) is 2. The van der Waals surface area contributed by atoms with Gasteiger partial charge in [-0.1, -0.05) is 0 Å². The van der Waals surface area contributed by atoms with E-state index in [1.165, 1.54) is 24.3 Å². The first-order chi connectivity index (χ1) is 9.81. The van der Waals surface area contributed by atoms with Crippen molar-refractivity contribution in [1.29, 1.82) is 5.26 Å². The molecular formula is C13H10FN3O3S. The molecule has 0 amide bonds. The van der Waals surface area contributed by atoms with Gasteiger partial charge in [-0.05, 0) is 36.4 Å². The molecule has 0 aliphatic heterocycles. The Morgan fingerprint density at radius 1 is 1.14 bits per heavy atom. The lowest BCUT2D eigenvalue weighted by atomic mass is 10.2. The van der Waals surface area contributed by atoms with Crippen molar-refractivity contribution in [2.24, 2.45) is 5.14 Å². The Labute approximate surface area is 120 Å². The molecule has 0 bridgehead atoms. The molecular weight excluding hydrogens is 297 g/mol. The highest BCUT2D eigenvalue weighted by atomic mass is 32.2. The third kappa shape index (κ3) is 3.28. The largest absolute Gasteiger partial charge is 0.453 e. The van der Waals surface area contributed by atoms with Gasteiger partial charge in [0, 0.05) is 5.69 Å². The highest BCUT2D eigenvalue weighted by Gasteiger charge is 2.17. The molecule has 0 unspecified atom stereocenters. The summed E-state index contributed by atoms with van der Waals surface area (Å²) in [6.07, 6.45) is 0. The fourth-order valence-corrected chi connectivity index (χ4v) is 2.29. The maximum absolute atomic E-state index is 13.7. The van der Waals surface area contributed by atoms with E-state index in [1.54, 1.807) is 6.07 Å². The second kappa shape index (κ2) is 5.40. The highest BCUT2D eigenvalue weighted by molar-refractivity contribution is 7.89. The maximum atomic E-state index is 13.7. The maximum Gasteiger partial charge on any atom is 0.241 e. The van der Waals surface area contributed by atoms with Crippen LogP contribution < -0.4 is 15.6 Å². The van der Waals surface area contributed by atoms with Crippen molar-refractivity contribution in [1.82, 2.24) is 0 Å². The van der Waals surface area contributed by atoms with Gasteiger partial charge in [0.15, 0.2) is 11.6 Å². The van der Waals surface area contributed by atoms with E-state index < -0.39 is 15.8 Å². The van der Waals surface area contributed by atoms with Crippen LogP contribution in [0.5, 0.6) is 11.5 Å². The second-order valence-corrected chi connectivity index (χ2v) is 5.64. The first kappa shape index (κ1) is 14.8. The summed E-state index contributed by atoms with van der Waals surface area (Å²) in [5, 5.41) is 13.7. The Morgan fingerprint density at radius 2 is 1.81 bits per heavy atom. The third-order valence-corrected chi connectivity index (χ3v) is 3.49. The normalized spacial score (nSPS) is 10.9. The molecule has 2 aromatic carbocycles. The zero-order valence-corrected chi connectivity index (χ0v) is 11.4. The number of anilines is 1. The number of rotatable bonds is 3. The van der Waals surface area contributed by atoms with Gasteiger partial charge in [0.05, 0.1) is 11.6 Å². The number of sulfonamides is 1. The van der Waals surface area contributed by atoms with Crippen LogP contribution in [-0.2, 0) is 10.0 Å². The summed E-state index contributed by atoms with van der Waals surface area (Å²) in [6.45, 7) is 0. The topological polar surface area (TPSA) is 119 Å². The van der Waals surface area contributed by atoms with Crippen LogP contribution in [0.15, 0.2) is 41.3 Å². The van der Waals surface area contributed by atoms with Crippen LogP contribution in [0.3, 0.4) is 0 Å². The molecule has 21 heavy (non-hydrogen) atoms. The molecule has 0 heterocycles. The van der Waals surface area contributed by atoms with Gasteiger partial charge in [-0.15, -0.1) is 0 Å². The van der Waals surface area contributed by atoms with Crippen molar-refractivity contribution in [2.75, 3.05) is 5.73 Å². The molecule has 2 aromatic rings.